The van der Waals surface area contributed by atoms with Crippen molar-refractivity contribution in [3.63, 3.8) is 0 Å². The van der Waals surface area contributed by atoms with Crippen LogP contribution in [0.25, 0.3) is 0 Å². The van der Waals surface area contributed by atoms with Gasteiger partial charge < -0.3 is 10.4 Å². The van der Waals surface area contributed by atoms with Gasteiger partial charge in [-0.25, -0.2) is 8.78 Å². The van der Waals surface area contributed by atoms with Crippen molar-refractivity contribution in [2.24, 2.45) is 0 Å². The molecule has 15 heavy (non-hydrogen) atoms. The van der Waals surface area contributed by atoms with E-state index in [1.54, 1.807) is 0 Å². The summed E-state index contributed by atoms with van der Waals surface area (Å²) in [6, 6.07) is 3.96. The van der Waals surface area contributed by atoms with Crippen LogP contribution in [0.1, 0.15) is 19.3 Å². The van der Waals surface area contributed by atoms with E-state index >= 15 is 0 Å². The van der Waals surface area contributed by atoms with Gasteiger partial charge in [-0.3, -0.25) is 0 Å². The zero-order chi connectivity index (χ0) is 10.9. The number of hydrogen-bond donors (Lipinski definition) is 2. The highest BCUT2D eigenvalue weighted by atomic mass is 19.2. The molecule has 1 aromatic carbocycles. The van der Waals surface area contributed by atoms with Gasteiger partial charge in [-0.1, -0.05) is 6.07 Å². The minimum absolute atomic E-state index is 0.107. The van der Waals surface area contributed by atoms with Crippen LogP contribution in [0.15, 0.2) is 18.2 Å². The summed E-state index contributed by atoms with van der Waals surface area (Å²) < 4.78 is 26.0. The predicted octanol–water partition coefficient (Wildman–Crippen LogP) is 2.29. The quantitative estimate of drug-likeness (QED) is 0.807. The predicted molar refractivity (Wildman–Crippen MR) is 53.6 cm³/mol. The van der Waals surface area contributed by atoms with Crippen LogP contribution in [0, 0.1) is 11.6 Å². The number of benzene rings is 1. The van der Waals surface area contributed by atoms with Gasteiger partial charge in [0.2, 0.25) is 0 Å². The molecule has 0 aliphatic heterocycles. The van der Waals surface area contributed by atoms with E-state index in [4.69, 9.17) is 0 Å². The summed E-state index contributed by atoms with van der Waals surface area (Å²) in [6.07, 6.45) is 2.43. The Kier molecular flexibility index (Phi) is 2.61. The third kappa shape index (κ3) is 2.09. The molecule has 0 unspecified atom stereocenters. The first kappa shape index (κ1) is 10.4. The van der Waals surface area contributed by atoms with Crippen LogP contribution in [0.5, 0.6) is 0 Å². The van der Waals surface area contributed by atoms with Gasteiger partial charge in [-0.15, -0.1) is 0 Å². The molecule has 1 aromatic rings. The van der Waals surface area contributed by atoms with Gasteiger partial charge in [0.05, 0.1) is 11.3 Å². The maximum Gasteiger partial charge on any atom is 0.181 e. The molecule has 1 saturated carbocycles. The fourth-order valence-electron chi connectivity index (χ4n) is 1.66. The molecule has 0 aromatic heterocycles. The highest BCUT2D eigenvalue weighted by Crippen LogP contribution is 2.31. The van der Waals surface area contributed by atoms with E-state index < -0.39 is 17.2 Å². The van der Waals surface area contributed by atoms with E-state index in [1.807, 2.05) is 0 Å². The molecule has 4 heteroatoms. The Labute approximate surface area is 86.9 Å². The molecule has 0 saturated heterocycles. The molecule has 1 fully saturated rings. The molecule has 1 aliphatic rings. The van der Waals surface area contributed by atoms with Crippen molar-refractivity contribution in [2.75, 3.05) is 11.9 Å². The molecule has 0 amide bonds. The highest BCUT2D eigenvalue weighted by Gasteiger charge is 2.34. The third-order valence-electron chi connectivity index (χ3n) is 2.84. The van der Waals surface area contributed by atoms with Crippen LogP contribution in [0.4, 0.5) is 14.5 Å². The number of hydrogen-bond acceptors (Lipinski definition) is 2. The van der Waals surface area contributed by atoms with Gasteiger partial charge in [-0.2, -0.15) is 0 Å². The Morgan fingerprint density at radius 3 is 2.67 bits per heavy atom. The topological polar surface area (TPSA) is 32.3 Å². The van der Waals surface area contributed by atoms with Crippen molar-refractivity contribution in [2.45, 2.75) is 24.9 Å². The van der Waals surface area contributed by atoms with Gasteiger partial charge in [0, 0.05) is 6.54 Å². The molecule has 82 valence electrons. The maximum absolute atomic E-state index is 13.2. The van der Waals surface area contributed by atoms with Crippen LogP contribution in [0.2, 0.25) is 0 Å². The summed E-state index contributed by atoms with van der Waals surface area (Å²) >= 11 is 0. The van der Waals surface area contributed by atoms with Crippen LogP contribution in [-0.2, 0) is 0 Å². The second kappa shape index (κ2) is 3.77. The second-order valence-corrected chi connectivity index (χ2v) is 4.03. The van der Waals surface area contributed by atoms with Gasteiger partial charge in [0.15, 0.2) is 11.6 Å². The molecule has 0 heterocycles. The second-order valence-electron chi connectivity index (χ2n) is 4.03. The summed E-state index contributed by atoms with van der Waals surface area (Å²) in [6.45, 7) is 0.271. The summed E-state index contributed by atoms with van der Waals surface area (Å²) in [5.74, 6) is -1.76. The van der Waals surface area contributed by atoms with Gasteiger partial charge >= 0.3 is 0 Å². The molecular formula is C11H13F2NO. The van der Waals surface area contributed by atoms with E-state index in [-0.39, 0.29) is 12.2 Å². The van der Waals surface area contributed by atoms with E-state index in [2.05, 4.69) is 5.32 Å². The Morgan fingerprint density at radius 1 is 1.33 bits per heavy atom. The zero-order valence-corrected chi connectivity index (χ0v) is 8.26. The molecule has 0 atom stereocenters. The van der Waals surface area contributed by atoms with Crippen molar-refractivity contribution >= 4 is 5.69 Å². The lowest BCUT2D eigenvalue weighted by atomic mass is 9.80. The first-order valence-electron chi connectivity index (χ1n) is 5.01. The van der Waals surface area contributed by atoms with E-state index in [1.165, 1.54) is 12.1 Å². The van der Waals surface area contributed by atoms with Crippen molar-refractivity contribution in [3.8, 4) is 0 Å². The Bertz CT molecular complexity index is 364. The fraction of sp³-hybridized carbons (Fsp3) is 0.455. The lowest BCUT2D eigenvalue weighted by Crippen LogP contribution is -2.43. The van der Waals surface area contributed by atoms with E-state index in [9.17, 15) is 13.9 Å². The molecule has 1 aliphatic carbocycles. The third-order valence-corrected chi connectivity index (χ3v) is 2.84. The molecule has 0 bridgehead atoms. The number of anilines is 1. The average molecular weight is 213 g/mol. The molecule has 2 nitrogen and oxygen atoms in total. The largest absolute Gasteiger partial charge is 0.388 e. The zero-order valence-electron chi connectivity index (χ0n) is 8.26. The Hall–Kier alpha value is -1.16. The van der Waals surface area contributed by atoms with Crippen LogP contribution >= 0.6 is 0 Å². The van der Waals surface area contributed by atoms with Crippen molar-refractivity contribution < 1.29 is 13.9 Å². The average Bonchev–Trinajstić information content (AvgIpc) is 2.17. The molecule has 2 N–H and O–H groups in total. The molecule has 0 radical (unpaired) electrons. The molecule has 2 rings (SSSR count). The first-order chi connectivity index (χ1) is 7.11. The SMILES string of the molecule is OC1(CNc2cccc(F)c2F)CCC1. The van der Waals surface area contributed by atoms with Crippen molar-refractivity contribution in [1.82, 2.24) is 0 Å². The number of aliphatic hydroxyl groups is 1. The summed E-state index contributed by atoms with van der Waals surface area (Å²) in [5.41, 5.74) is -0.631. The van der Waals surface area contributed by atoms with Crippen LogP contribution in [0.3, 0.4) is 0 Å². The normalized spacial score (nSPS) is 18.3. The number of nitrogens with one attached hydrogen (secondary N) is 1. The van der Waals surface area contributed by atoms with Crippen molar-refractivity contribution in [1.29, 1.82) is 0 Å². The molecule has 0 spiro atoms. The Morgan fingerprint density at radius 2 is 2.07 bits per heavy atom. The fourth-order valence-corrected chi connectivity index (χ4v) is 1.66. The monoisotopic (exact) mass is 213 g/mol. The lowest BCUT2D eigenvalue weighted by Gasteiger charge is -2.36. The van der Waals surface area contributed by atoms with E-state index in [0.29, 0.717) is 0 Å². The summed E-state index contributed by atoms with van der Waals surface area (Å²) in [5, 5.41) is 12.5. The first-order valence-corrected chi connectivity index (χ1v) is 5.01. The lowest BCUT2D eigenvalue weighted by molar-refractivity contribution is -0.0202. The standard InChI is InChI=1S/C11H13F2NO/c12-8-3-1-4-9(10(8)13)14-7-11(15)5-2-6-11/h1,3-4,14-15H,2,5-7H2. The van der Waals surface area contributed by atoms with Crippen LogP contribution in [-0.4, -0.2) is 17.3 Å². The number of halogens is 2. The highest BCUT2D eigenvalue weighted by molar-refractivity contribution is 5.45. The van der Waals surface area contributed by atoms with E-state index in [0.717, 1.165) is 25.3 Å². The summed E-state index contributed by atoms with van der Waals surface area (Å²) in [7, 11) is 0. The maximum atomic E-state index is 13.2. The Balaban J connectivity index is 2.01. The minimum atomic E-state index is -0.888. The van der Waals surface area contributed by atoms with Crippen molar-refractivity contribution in [3.05, 3.63) is 29.8 Å². The van der Waals surface area contributed by atoms with Crippen LogP contribution < -0.4 is 5.32 Å². The minimum Gasteiger partial charge on any atom is -0.388 e. The molecular weight excluding hydrogens is 200 g/mol. The smallest absolute Gasteiger partial charge is 0.181 e. The number of rotatable bonds is 3. The summed E-state index contributed by atoms with van der Waals surface area (Å²) in [4.78, 5) is 0. The van der Waals surface area contributed by atoms with Gasteiger partial charge in [0.1, 0.15) is 0 Å². The van der Waals surface area contributed by atoms with Gasteiger partial charge in [0.25, 0.3) is 0 Å². The van der Waals surface area contributed by atoms with Gasteiger partial charge in [-0.05, 0) is 31.4 Å².